The van der Waals surface area contributed by atoms with Crippen LogP contribution in [0.15, 0.2) is 24.5 Å². The molecule has 0 aliphatic carbocycles. The third-order valence-electron chi connectivity index (χ3n) is 6.63. The summed E-state index contributed by atoms with van der Waals surface area (Å²) in [4.78, 5) is 23.6. The van der Waals surface area contributed by atoms with Gasteiger partial charge >= 0.3 is 0 Å². The molecule has 184 valence electrons. The van der Waals surface area contributed by atoms with Crippen LogP contribution in [-0.4, -0.2) is 66.0 Å². The van der Waals surface area contributed by atoms with Crippen molar-refractivity contribution in [2.24, 2.45) is 5.92 Å². The van der Waals surface area contributed by atoms with Crippen LogP contribution in [-0.2, 0) is 4.74 Å². The summed E-state index contributed by atoms with van der Waals surface area (Å²) in [5.74, 6) is 2.02. The standard InChI is InChI=1S/C25H33ClN4O4/c1-16-10-20(11-17(2)23(16)24(32)29-21-14-33-15-22(21)31)34-9-3-4-18-5-7-30(8-6-18)25-27-12-19(26)13-28-25/h10-13,18,21-22,31H,3-9,14-15H2,1-2H3,(H,29,32)/t21-,22-/m1/s1. The number of piperidine rings is 1. The summed E-state index contributed by atoms with van der Waals surface area (Å²) in [5, 5.41) is 13.3. The van der Waals surface area contributed by atoms with E-state index in [1.54, 1.807) is 12.4 Å². The zero-order chi connectivity index (χ0) is 24.1. The minimum absolute atomic E-state index is 0.188. The maximum absolute atomic E-state index is 12.7. The number of aromatic nitrogens is 2. The molecule has 0 radical (unpaired) electrons. The second-order valence-corrected chi connectivity index (χ2v) is 9.68. The Hall–Kier alpha value is -2.42. The van der Waals surface area contributed by atoms with E-state index in [0.717, 1.165) is 61.6 Å². The molecule has 34 heavy (non-hydrogen) atoms. The molecule has 2 aromatic rings. The Labute approximate surface area is 205 Å². The first-order valence-corrected chi connectivity index (χ1v) is 12.3. The molecule has 1 aromatic heterocycles. The van der Waals surface area contributed by atoms with Gasteiger partial charge in [0.25, 0.3) is 5.91 Å². The van der Waals surface area contributed by atoms with Crippen molar-refractivity contribution >= 4 is 23.5 Å². The van der Waals surface area contributed by atoms with Crippen LogP contribution < -0.4 is 15.0 Å². The lowest BCUT2D eigenvalue weighted by Gasteiger charge is -2.32. The van der Waals surface area contributed by atoms with E-state index in [1.807, 2.05) is 26.0 Å². The molecule has 4 rings (SSSR count). The quantitative estimate of drug-likeness (QED) is 0.550. The maximum atomic E-state index is 12.7. The third-order valence-corrected chi connectivity index (χ3v) is 6.82. The van der Waals surface area contributed by atoms with Crippen molar-refractivity contribution in [1.82, 2.24) is 15.3 Å². The molecule has 0 spiro atoms. The summed E-state index contributed by atoms with van der Waals surface area (Å²) in [6.07, 6.45) is 6.98. The number of carbonyl (C=O) groups is 1. The fourth-order valence-electron chi connectivity index (χ4n) is 4.74. The van der Waals surface area contributed by atoms with Gasteiger partial charge in [0.05, 0.1) is 49.4 Å². The lowest BCUT2D eigenvalue weighted by atomic mass is 9.92. The number of hydrogen-bond acceptors (Lipinski definition) is 7. The van der Waals surface area contributed by atoms with Gasteiger partial charge in [-0.3, -0.25) is 4.79 Å². The number of ether oxygens (including phenoxy) is 2. The van der Waals surface area contributed by atoms with Gasteiger partial charge in [-0.25, -0.2) is 9.97 Å². The Morgan fingerprint density at radius 1 is 1.21 bits per heavy atom. The molecule has 2 aliphatic rings. The Morgan fingerprint density at radius 2 is 1.88 bits per heavy atom. The van der Waals surface area contributed by atoms with Crippen LogP contribution in [0.4, 0.5) is 5.95 Å². The molecule has 2 fully saturated rings. The average Bonchev–Trinajstić information content (AvgIpc) is 3.21. The smallest absolute Gasteiger partial charge is 0.252 e. The van der Waals surface area contributed by atoms with Crippen LogP contribution in [0.1, 0.15) is 47.2 Å². The fourth-order valence-corrected chi connectivity index (χ4v) is 4.84. The molecule has 9 heteroatoms. The summed E-state index contributed by atoms with van der Waals surface area (Å²) >= 11 is 5.88. The van der Waals surface area contributed by atoms with E-state index >= 15 is 0 Å². The zero-order valence-electron chi connectivity index (χ0n) is 19.8. The third kappa shape index (κ3) is 6.17. The predicted octanol–water partition coefficient (Wildman–Crippen LogP) is 3.31. The monoisotopic (exact) mass is 488 g/mol. The molecule has 2 N–H and O–H groups in total. The number of aliphatic hydroxyl groups is 1. The van der Waals surface area contributed by atoms with Crippen molar-refractivity contribution in [2.75, 3.05) is 37.8 Å². The molecule has 0 saturated carbocycles. The largest absolute Gasteiger partial charge is 0.494 e. The number of carbonyl (C=O) groups excluding carboxylic acids is 1. The molecule has 2 aliphatic heterocycles. The number of halogens is 1. The predicted molar refractivity (Wildman–Crippen MR) is 131 cm³/mol. The number of aryl methyl sites for hydroxylation is 2. The van der Waals surface area contributed by atoms with Crippen LogP contribution in [0.3, 0.4) is 0 Å². The Morgan fingerprint density at radius 3 is 2.50 bits per heavy atom. The minimum atomic E-state index is -0.662. The molecule has 1 aromatic carbocycles. The average molecular weight is 489 g/mol. The van der Waals surface area contributed by atoms with Gasteiger partial charge in [0.15, 0.2) is 0 Å². The molecule has 0 bridgehead atoms. The summed E-state index contributed by atoms with van der Waals surface area (Å²) in [7, 11) is 0. The summed E-state index contributed by atoms with van der Waals surface area (Å²) in [6, 6.07) is 3.45. The maximum Gasteiger partial charge on any atom is 0.252 e. The molecule has 2 atom stereocenters. The van der Waals surface area contributed by atoms with E-state index in [-0.39, 0.29) is 18.6 Å². The van der Waals surface area contributed by atoms with Gasteiger partial charge in [0.1, 0.15) is 5.75 Å². The first-order chi connectivity index (χ1) is 16.4. The van der Waals surface area contributed by atoms with Gasteiger partial charge in [-0.05, 0) is 68.7 Å². The second kappa shape index (κ2) is 11.3. The van der Waals surface area contributed by atoms with Crippen molar-refractivity contribution in [2.45, 2.75) is 51.7 Å². The van der Waals surface area contributed by atoms with E-state index in [9.17, 15) is 9.90 Å². The fraction of sp³-hybridized carbons (Fsp3) is 0.560. The van der Waals surface area contributed by atoms with Gasteiger partial charge in [0, 0.05) is 18.7 Å². The van der Waals surface area contributed by atoms with Crippen molar-refractivity contribution < 1.29 is 19.4 Å². The Kier molecular flexibility index (Phi) is 8.24. The second-order valence-electron chi connectivity index (χ2n) is 9.24. The number of hydrogen-bond donors (Lipinski definition) is 2. The van der Waals surface area contributed by atoms with Crippen LogP contribution in [0.25, 0.3) is 0 Å². The zero-order valence-corrected chi connectivity index (χ0v) is 20.6. The van der Waals surface area contributed by atoms with Crippen LogP contribution in [0, 0.1) is 19.8 Å². The van der Waals surface area contributed by atoms with Crippen molar-refractivity contribution in [1.29, 1.82) is 0 Å². The first kappa shape index (κ1) is 24.7. The highest BCUT2D eigenvalue weighted by Crippen LogP contribution is 2.26. The number of rotatable bonds is 8. The van der Waals surface area contributed by atoms with E-state index in [1.165, 1.54) is 0 Å². The molecule has 3 heterocycles. The number of amides is 1. The Bertz CT molecular complexity index is 956. The highest BCUT2D eigenvalue weighted by Gasteiger charge is 2.28. The van der Waals surface area contributed by atoms with E-state index < -0.39 is 6.10 Å². The summed E-state index contributed by atoms with van der Waals surface area (Å²) < 4.78 is 11.2. The Balaban J connectivity index is 1.21. The molecular formula is C25H33ClN4O4. The molecular weight excluding hydrogens is 456 g/mol. The van der Waals surface area contributed by atoms with E-state index in [2.05, 4.69) is 20.2 Å². The lowest BCUT2D eigenvalue weighted by molar-refractivity contribution is 0.0885. The van der Waals surface area contributed by atoms with E-state index in [4.69, 9.17) is 21.1 Å². The number of benzene rings is 1. The minimum Gasteiger partial charge on any atom is -0.494 e. The summed E-state index contributed by atoms with van der Waals surface area (Å²) in [5.41, 5.74) is 2.35. The highest BCUT2D eigenvalue weighted by atomic mass is 35.5. The van der Waals surface area contributed by atoms with Crippen molar-refractivity contribution in [3.63, 3.8) is 0 Å². The lowest BCUT2D eigenvalue weighted by Crippen LogP contribution is -2.42. The number of anilines is 1. The molecule has 1 amide bonds. The van der Waals surface area contributed by atoms with Gasteiger partial charge in [0.2, 0.25) is 5.95 Å². The van der Waals surface area contributed by atoms with Crippen molar-refractivity contribution in [3.05, 3.63) is 46.2 Å². The normalized spacial score (nSPS) is 21.0. The number of nitrogens with one attached hydrogen (secondary N) is 1. The molecule has 8 nitrogen and oxygen atoms in total. The molecule has 2 saturated heterocycles. The van der Waals surface area contributed by atoms with Gasteiger partial charge < -0.3 is 24.8 Å². The molecule has 0 unspecified atom stereocenters. The highest BCUT2D eigenvalue weighted by molar-refractivity contribution is 6.30. The van der Waals surface area contributed by atoms with E-state index in [0.29, 0.717) is 29.7 Å². The SMILES string of the molecule is Cc1cc(OCCCC2CCN(c3ncc(Cl)cn3)CC2)cc(C)c1C(=O)N[C@@H]1COC[C@H]1O. The number of nitrogens with zero attached hydrogens (tertiary/aromatic N) is 3. The van der Waals surface area contributed by atoms with Crippen LogP contribution in [0.2, 0.25) is 5.02 Å². The van der Waals surface area contributed by atoms with Gasteiger partial charge in [-0.15, -0.1) is 0 Å². The van der Waals surface area contributed by atoms with Crippen LogP contribution in [0.5, 0.6) is 5.75 Å². The first-order valence-electron chi connectivity index (χ1n) is 11.9. The number of aliphatic hydroxyl groups excluding tert-OH is 1. The topological polar surface area (TPSA) is 96.8 Å². The van der Waals surface area contributed by atoms with Gasteiger partial charge in [-0.1, -0.05) is 11.6 Å². The van der Waals surface area contributed by atoms with Crippen LogP contribution >= 0.6 is 11.6 Å². The summed E-state index contributed by atoms with van der Waals surface area (Å²) in [6.45, 7) is 6.98. The van der Waals surface area contributed by atoms with Crippen molar-refractivity contribution in [3.8, 4) is 5.75 Å². The van der Waals surface area contributed by atoms with Gasteiger partial charge in [-0.2, -0.15) is 0 Å².